The standard InChI is InChI=1S/C9H11ClN2O4/c10-4-3-7(13)9(14)6-1-2-8(11-5-6)12(15)16/h1-2,5,7,9,13-14H,3-4H2. The zero-order valence-corrected chi connectivity index (χ0v) is 9.04. The summed E-state index contributed by atoms with van der Waals surface area (Å²) in [4.78, 5) is 13.2. The Morgan fingerprint density at radius 1 is 1.50 bits per heavy atom. The van der Waals surface area contributed by atoms with Crippen LogP contribution in [0.5, 0.6) is 0 Å². The first kappa shape index (κ1) is 12.8. The molecule has 88 valence electrons. The van der Waals surface area contributed by atoms with Crippen LogP contribution in [-0.2, 0) is 0 Å². The fourth-order valence-electron chi connectivity index (χ4n) is 1.17. The average molecular weight is 247 g/mol. The fourth-order valence-corrected chi connectivity index (χ4v) is 1.40. The summed E-state index contributed by atoms with van der Waals surface area (Å²) in [6, 6.07) is 2.53. The molecule has 0 saturated heterocycles. The molecule has 0 aliphatic heterocycles. The molecular weight excluding hydrogens is 236 g/mol. The molecule has 0 radical (unpaired) electrons. The largest absolute Gasteiger partial charge is 0.390 e. The molecule has 0 bridgehead atoms. The minimum absolute atomic E-state index is 0.221. The average Bonchev–Trinajstić information content (AvgIpc) is 2.28. The first-order valence-electron chi connectivity index (χ1n) is 4.58. The molecule has 16 heavy (non-hydrogen) atoms. The summed E-state index contributed by atoms with van der Waals surface area (Å²) in [6.45, 7) is 0. The minimum atomic E-state index is -1.13. The zero-order valence-electron chi connectivity index (χ0n) is 8.28. The van der Waals surface area contributed by atoms with E-state index in [2.05, 4.69) is 4.98 Å². The molecule has 2 N–H and O–H groups in total. The van der Waals surface area contributed by atoms with Crippen LogP contribution in [0.2, 0.25) is 0 Å². The number of aromatic nitrogens is 1. The van der Waals surface area contributed by atoms with E-state index in [-0.39, 0.29) is 18.1 Å². The van der Waals surface area contributed by atoms with Crippen LogP contribution < -0.4 is 0 Å². The van der Waals surface area contributed by atoms with E-state index in [1.807, 2.05) is 0 Å². The Labute approximate surface area is 96.7 Å². The molecule has 7 heteroatoms. The first-order valence-corrected chi connectivity index (χ1v) is 5.12. The molecule has 1 rings (SSSR count). The number of aliphatic hydroxyl groups excluding tert-OH is 2. The van der Waals surface area contributed by atoms with Gasteiger partial charge in [0.25, 0.3) is 0 Å². The maximum atomic E-state index is 10.3. The predicted octanol–water partition coefficient (Wildman–Crippen LogP) is 1.01. The van der Waals surface area contributed by atoms with Crippen molar-refractivity contribution in [2.24, 2.45) is 0 Å². The van der Waals surface area contributed by atoms with E-state index in [0.29, 0.717) is 5.56 Å². The van der Waals surface area contributed by atoms with E-state index in [1.54, 1.807) is 0 Å². The maximum Gasteiger partial charge on any atom is 0.363 e. The summed E-state index contributed by atoms with van der Waals surface area (Å²) in [5, 5.41) is 29.4. The lowest BCUT2D eigenvalue weighted by atomic mass is 10.0. The van der Waals surface area contributed by atoms with Crippen molar-refractivity contribution in [3.05, 3.63) is 34.0 Å². The molecule has 2 unspecified atom stereocenters. The summed E-state index contributed by atoms with van der Waals surface area (Å²) in [6.07, 6.45) is -0.729. The van der Waals surface area contributed by atoms with Crippen molar-refractivity contribution in [2.45, 2.75) is 18.6 Å². The maximum absolute atomic E-state index is 10.3. The molecule has 0 saturated carbocycles. The highest BCUT2D eigenvalue weighted by Crippen LogP contribution is 2.20. The van der Waals surface area contributed by atoms with Crippen molar-refractivity contribution in [3.63, 3.8) is 0 Å². The van der Waals surface area contributed by atoms with Crippen LogP contribution in [-0.4, -0.2) is 32.1 Å². The van der Waals surface area contributed by atoms with Crippen LogP contribution in [0.3, 0.4) is 0 Å². The normalized spacial score (nSPS) is 14.4. The van der Waals surface area contributed by atoms with E-state index in [4.69, 9.17) is 11.6 Å². The van der Waals surface area contributed by atoms with Gasteiger partial charge in [0.2, 0.25) is 0 Å². The highest BCUT2D eigenvalue weighted by atomic mass is 35.5. The fraction of sp³-hybridized carbons (Fsp3) is 0.444. The van der Waals surface area contributed by atoms with Crippen molar-refractivity contribution in [3.8, 4) is 0 Å². The number of hydrogen-bond acceptors (Lipinski definition) is 5. The van der Waals surface area contributed by atoms with Crippen molar-refractivity contribution >= 4 is 17.4 Å². The lowest BCUT2D eigenvalue weighted by Gasteiger charge is -2.15. The van der Waals surface area contributed by atoms with Crippen LogP contribution in [0, 0.1) is 10.1 Å². The Morgan fingerprint density at radius 2 is 2.19 bits per heavy atom. The molecule has 0 amide bonds. The topological polar surface area (TPSA) is 96.5 Å². The first-order chi connectivity index (χ1) is 7.56. The SMILES string of the molecule is O=[N+]([O-])c1ccc(C(O)C(O)CCCl)cn1. The lowest BCUT2D eigenvalue weighted by Crippen LogP contribution is -2.18. The predicted molar refractivity (Wildman–Crippen MR) is 57.2 cm³/mol. The second-order valence-corrected chi connectivity index (χ2v) is 3.57. The van der Waals surface area contributed by atoms with Gasteiger partial charge in [0.05, 0.1) is 6.10 Å². The lowest BCUT2D eigenvalue weighted by molar-refractivity contribution is -0.389. The van der Waals surface area contributed by atoms with Gasteiger partial charge >= 0.3 is 5.82 Å². The molecule has 6 nitrogen and oxygen atoms in total. The van der Waals surface area contributed by atoms with Gasteiger partial charge in [0.1, 0.15) is 12.3 Å². The van der Waals surface area contributed by atoms with Gasteiger partial charge in [-0.3, -0.25) is 0 Å². The molecular formula is C9H11ClN2O4. The van der Waals surface area contributed by atoms with Gasteiger partial charge in [-0.15, -0.1) is 11.6 Å². The third kappa shape index (κ3) is 3.13. The van der Waals surface area contributed by atoms with E-state index >= 15 is 0 Å². The van der Waals surface area contributed by atoms with E-state index in [9.17, 15) is 20.3 Å². The van der Waals surface area contributed by atoms with E-state index in [0.717, 1.165) is 0 Å². The van der Waals surface area contributed by atoms with Crippen LogP contribution >= 0.6 is 11.6 Å². The summed E-state index contributed by atoms with van der Waals surface area (Å²) in [5.41, 5.74) is 0.322. The molecule has 0 aliphatic rings. The Kier molecular flexibility index (Phi) is 4.60. The smallest absolute Gasteiger partial charge is 0.363 e. The Balaban J connectivity index is 2.77. The molecule has 0 aliphatic carbocycles. The Bertz CT molecular complexity index is 357. The summed E-state index contributed by atoms with van der Waals surface area (Å²) >= 11 is 5.42. The number of nitro groups is 1. The second-order valence-electron chi connectivity index (χ2n) is 3.20. The minimum Gasteiger partial charge on any atom is -0.390 e. The van der Waals surface area contributed by atoms with Gasteiger partial charge in [0.15, 0.2) is 0 Å². The van der Waals surface area contributed by atoms with Crippen molar-refractivity contribution in [1.29, 1.82) is 0 Å². The van der Waals surface area contributed by atoms with Crippen molar-refractivity contribution in [1.82, 2.24) is 4.98 Å². The second kappa shape index (κ2) is 5.74. The number of rotatable bonds is 5. The van der Waals surface area contributed by atoms with Crippen LogP contribution in [0.4, 0.5) is 5.82 Å². The van der Waals surface area contributed by atoms with E-state index in [1.165, 1.54) is 18.3 Å². The third-order valence-corrected chi connectivity index (χ3v) is 2.29. The number of alkyl halides is 1. The van der Waals surface area contributed by atoms with Gasteiger partial charge in [0, 0.05) is 17.5 Å². The highest BCUT2D eigenvalue weighted by Gasteiger charge is 2.20. The molecule has 1 aromatic heterocycles. The Hall–Kier alpha value is -1.24. The summed E-state index contributed by atoms with van der Waals surface area (Å²) in [7, 11) is 0. The van der Waals surface area contributed by atoms with E-state index < -0.39 is 17.1 Å². The quantitative estimate of drug-likeness (QED) is 0.459. The monoisotopic (exact) mass is 246 g/mol. The Morgan fingerprint density at radius 3 is 2.62 bits per heavy atom. The summed E-state index contributed by atoms with van der Waals surface area (Å²) < 4.78 is 0. The van der Waals surface area contributed by atoms with Crippen LogP contribution in [0.25, 0.3) is 0 Å². The number of aliphatic hydroxyl groups is 2. The number of hydrogen-bond donors (Lipinski definition) is 2. The zero-order chi connectivity index (χ0) is 12.1. The highest BCUT2D eigenvalue weighted by molar-refractivity contribution is 6.17. The molecule has 0 spiro atoms. The van der Waals surface area contributed by atoms with Crippen molar-refractivity contribution < 1.29 is 15.1 Å². The molecule has 0 fully saturated rings. The van der Waals surface area contributed by atoms with Crippen LogP contribution in [0.1, 0.15) is 18.1 Å². The van der Waals surface area contributed by atoms with Gasteiger partial charge < -0.3 is 20.3 Å². The van der Waals surface area contributed by atoms with Crippen LogP contribution in [0.15, 0.2) is 18.3 Å². The molecule has 2 atom stereocenters. The van der Waals surface area contributed by atoms with Gasteiger partial charge in [-0.1, -0.05) is 0 Å². The molecule has 1 heterocycles. The number of nitrogens with zero attached hydrogens (tertiary/aromatic N) is 2. The molecule has 0 aromatic carbocycles. The summed E-state index contributed by atoms with van der Waals surface area (Å²) in [5.74, 6) is -0.0821. The van der Waals surface area contributed by atoms with Gasteiger partial charge in [-0.2, -0.15) is 0 Å². The number of pyridine rings is 1. The number of halogens is 1. The third-order valence-electron chi connectivity index (χ3n) is 2.07. The molecule has 1 aromatic rings. The van der Waals surface area contributed by atoms with Crippen molar-refractivity contribution in [2.75, 3.05) is 5.88 Å². The van der Waals surface area contributed by atoms with Gasteiger partial charge in [-0.05, 0) is 22.4 Å². The van der Waals surface area contributed by atoms with Gasteiger partial charge in [-0.25, -0.2) is 0 Å².